The zero-order valence-corrected chi connectivity index (χ0v) is 10.5. The number of hydrazone groups is 1. The summed E-state index contributed by atoms with van der Waals surface area (Å²) in [5.74, 6) is -0.293. The first-order chi connectivity index (χ1) is 8.50. The van der Waals surface area contributed by atoms with Gasteiger partial charge in [0.1, 0.15) is 5.71 Å². The molecule has 0 saturated carbocycles. The molecule has 5 heteroatoms. The molecule has 0 fully saturated rings. The molecule has 1 aromatic carbocycles. The van der Waals surface area contributed by atoms with Crippen LogP contribution in [0.25, 0.3) is 0 Å². The SMILES string of the molecule is C/C(=N/NC(N)=O)C(=O)[C@H](C)Cc1ccccc1. The molecular formula is C13H17N3O2. The van der Waals surface area contributed by atoms with Crippen LogP contribution in [0.3, 0.4) is 0 Å². The van der Waals surface area contributed by atoms with E-state index in [1.165, 1.54) is 0 Å². The van der Waals surface area contributed by atoms with Gasteiger partial charge in [-0.3, -0.25) is 4.79 Å². The second kappa shape index (κ2) is 6.54. The Balaban J connectivity index is 2.61. The van der Waals surface area contributed by atoms with Crippen molar-refractivity contribution < 1.29 is 9.59 Å². The molecule has 2 amide bonds. The fourth-order valence-electron chi connectivity index (χ4n) is 1.61. The standard InChI is InChI=1S/C13H17N3O2/c1-9(8-11-6-4-3-5-7-11)12(17)10(2)15-16-13(14)18/h3-7,9H,8H2,1-2H3,(H3,14,16,18)/b15-10-/t9-/m1/s1. The van der Waals surface area contributed by atoms with Crippen molar-refractivity contribution in [2.45, 2.75) is 20.3 Å². The minimum Gasteiger partial charge on any atom is -0.350 e. The summed E-state index contributed by atoms with van der Waals surface area (Å²) in [5, 5.41) is 3.63. The van der Waals surface area contributed by atoms with Crippen molar-refractivity contribution in [3.8, 4) is 0 Å². The molecule has 0 unspecified atom stereocenters. The summed E-state index contributed by atoms with van der Waals surface area (Å²) in [6.45, 7) is 3.39. The van der Waals surface area contributed by atoms with Crippen LogP contribution >= 0.6 is 0 Å². The average molecular weight is 247 g/mol. The fraction of sp³-hybridized carbons (Fsp3) is 0.308. The minimum atomic E-state index is -0.780. The highest BCUT2D eigenvalue weighted by atomic mass is 16.2. The Hall–Kier alpha value is -2.17. The highest BCUT2D eigenvalue weighted by Gasteiger charge is 2.16. The molecule has 3 N–H and O–H groups in total. The molecule has 0 saturated heterocycles. The molecule has 0 aliphatic rings. The third-order valence-electron chi connectivity index (χ3n) is 2.52. The zero-order chi connectivity index (χ0) is 13.5. The van der Waals surface area contributed by atoms with Gasteiger partial charge in [0.2, 0.25) is 0 Å². The number of amides is 2. The molecule has 0 bridgehead atoms. The summed E-state index contributed by atoms with van der Waals surface area (Å²) in [5.41, 5.74) is 8.26. The van der Waals surface area contributed by atoms with E-state index in [-0.39, 0.29) is 17.4 Å². The maximum absolute atomic E-state index is 11.9. The molecular weight excluding hydrogens is 230 g/mol. The fourth-order valence-corrected chi connectivity index (χ4v) is 1.61. The number of carbonyl (C=O) groups excluding carboxylic acids is 2. The molecule has 96 valence electrons. The van der Waals surface area contributed by atoms with Crippen LogP contribution in [0.5, 0.6) is 0 Å². The lowest BCUT2D eigenvalue weighted by molar-refractivity contribution is -0.116. The van der Waals surface area contributed by atoms with Crippen LogP contribution in [0.1, 0.15) is 19.4 Å². The lowest BCUT2D eigenvalue weighted by Gasteiger charge is -2.10. The van der Waals surface area contributed by atoms with E-state index in [1.54, 1.807) is 6.92 Å². The van der Waals surface area contributed by atoms with E-state index in [2.05, 4.69) is 10.5 Å². The highest BCUT2D eigenvalue weighted by molar-refractivity contribution is 6.39. The number of carbonyl (C=O) groups is 2. The van der Waals surface area contributed by atoms with Gasteiger partial charge in [-0.05, 0) is 18.9 Å². The first-order valence-electron chi connectivity index (χ1n) is 5.68. The third-order valence-corrected chi connectivity index (χ3v) is 2.52. The molecule has 1 aromatic rings. The Bertz CT molecular complexity index is 455. The van der Waals surface area contributed by atoms with Crippen molar-refractivity contribution in [2.24, 2.45) is 16.8 Å². The maximum Gasteiger partial charge on any atom is 0.332 e. The molecule has 0 heterocycles. The van der Waals surface area contributed by atoms with Crippen LogP contribution in [-0.2, 0) is 11.2 Å². The molecule has 5 nitrogen and oxygen atoms in total. The van der Waals surface area contributed by atoms with Crippen LogP contribution in [0.2, 0.25) is 0 Å². The van der Waals surface area contributed by atoms with Gasteiger partial charge in [0, 0.05) is 5.92 Å². The Labute approximate surface area is 106 Å². The van der Waals surface area contributed by atoms with Crippen molar-refractivity contribution in [1.29, 1.82) is 0 Å². The zero-order valence-electron chi connectivity index (χ0n) is 10.5. The number of hydrogen-bond acceptors (Lipinski definition) is 3. The van der Waals surface area contributed by atoms with E-state index in [0.29, 0.717) is 6.42 Å². The predicted molar refractivity (Wildman–Crippen MR) is 70.1 cm³/mol. The van der Waals surface area contributed by atoms with Crippen molar-refractivity contribution in [1.82, 2.24) is 5.43 Å². The number of Topliss-reactive ketones (excluding diaryl/α,β-unsaturated/α-hetero) is 1. The summed E-state index contributed by atoms with van der Waals surface area (Å²) in [6.07, 6.45) is 0.642. The Morgan fingerprint density at radius 3 is 2.50 bits per heavy atom. The van der Waals surface area contributed by atoms with Gasteiger partial charge in [-0.1, -0.05) is 37.3 Å². The van der Waals surface area contributed by atoms with Crippen molar-refractivity contribution >= 4 is 17.5 Å². The summed E-state index contributed by atoms with van der Waals surface area (Å²) >= 11 is 0. The molecule has 1 atom stereocenters. The van der Waals surface area contributed by atoms with Crippen LogP contribution in [0, 0.1) is 5.92 Å². The smallest absolute Gasteiger partial charge is 0.332 e. The number of nitrogens with two attached hydrogens (primary N) is 1. The van der Waals surface area contributed by atoms with E-state index in [4.69, 9.17) is 5.73 Å². The largest absolute Gasteiger partial charge is 0.350 e. The van der Waals surface area contributed by atoms with Crippen LogP contribution in [0.4, 0.5) is 4.79 Å². The summed E-state index contributed by atoms with van der Waals surface area (Å²) in [6, 6.07) is 8.96. The molecule has 0 aliphatic carbocycles. The second-order valence-electron chi connectivity index (χ2n) is 4.13. The monoisotopic (exact) mass is 247 g/mol. The van der Waals surface area contributed by atoms with E-state index < -0.39 is 6.03 Å². The number of nitrogens with one attached hydrogen (secondary N) is 1. The number of benzene rings is 1. The van der Waals surface area contributed by atoms with Crippen molar-refractivity contribution in [3.05, 3.63) is 35.9 Å². The summed E-state index contributed by atoms with van der Waals surface area (Å²) in [4.78, 5) is 22.4. The van der Waals surface area contributed by atoms with Gasteiger partial charge in [0.15, 0.2) is 5.78 Å². The predicted octanol–water partition coefficient (Wildman–Crippen LogP) is 1.48. The Kier molecular flexibility index (Phi) is 5.05. The number of rotatable bonds is 5. The summed E-state index contributed by atoms with van der Waals surface area (Å²) < 4.78 is 0. The molecule has 0 aromatic heterocycles. The maximum atomic E-state index is 11.9. The first-order valence-corrected chi connectivity index (χ1v) is 5.68. The number of urea groups is 1. The molecule has 0 radical (unpaired) electrons. The summed E-state index contributed by atoms with van der Waals surface area (Å²) in [7, 11) is 0. The van der Waals surface area contributed by atoms with Crippen LogP contribution < -0.4 is 11.2 Å². The first kappa shape index (κ1) is 13.9. The Morgan fingerprint density at radius 2 is 1.94 bits per heavy atom. The lowest BCUT2D eigenvalue weighted by atomic mass is 9.95. The van der Waals surface area contributed by atoms with Crippen molar-refractivity contribution in [2.75, 3.05) is 0 Å². The van der Waals surface area contributed by atoms with Gasteiger partial charge in [0.05, 0.1) is 0 Å². The van der Waals surface area contributed by atoms with E-state index >= 15 is 0 Å². The molecule has 1 rings (SSSR count). The van der Waals surface area contributed by atoms with Gasteiger partial charge < -0.3 is 5.73 Å². The van der Waals surface area contributed by atoms with Crippen LogP contribution in [0.15, 0.2) is 35.4 Å². The second-order valence-corrected chi connectivity index (χ2v) is 4.13. The van der Waals surface area contributed by atoms with E-state index in [1.807, 2.05) is 37.3 Å². The quantitative estimate of drug-likeness (QED) is 0.610. The van der Waals surface area contributed by atoms with Gasteiger partial charge >= 0.3 is 6.03 Å². The van der Waals surface area contributed by atoms with Gasteiger partial charge in [0.25, 0.3) is 0 Å². The van der Waals surface area contributed by atoms with Crippen LogP contribution in [-0.4, -0.2) is 17.5 Å². The number of primary amides is 1. The number of nitrogens with zero attached hydrogens (tertiary/aromatic N) is 1. The topological polar surface area (TPSA) is 84.5 Å². The van der Waals surface area contributed by atoms with Gasteiger partial charge in [-0.15, -0.1) is 0 Å². The minimum absolute atomic E-state index is 0.104. The highest BCUT2D eigenvalue weighted by Crippen LogP contribution is 2.09. The van der Waals surface area contributed by atoms with Gasteiger partial charge in [-0.25, -0.2) is 10.2 Å². The lowest BCUT2D eigenvalue weighted by Crippen LogP contribution is -2.29. The van der Waals surface area contributed by atoms with E-state index in [9.17, 15) is 9.59 Å². The average Bonchev–Trinajstić information content (AvgIpc) is 2.36. The molecule has 18 heavy (non-hydrogen) atoms. The Morgan fingerprint density at radius 1 is 1.33 bits per heavy atom. The molecule has 0 aliphatic heterocycles. The van der Waals surface area contributed by atoms with E-state index in [0.717, 1.165) is 5.56 Å². The molecule has 0 spiro atoms. The van der Waals surface area contributed by atoms with Gasteiger partial charge in [-0.2, -0.15) is 5.10 Å². The van der Waals surface area contributed by atoms with Crippen molar-refractivity contribution in [3.63, 3.8) is 0 Å². The number of hydrogen-bond donors (Lipinski definition) is 2. The third kappa shape index (κ3) is 4.37. The number of ketones is 1. The normalized spacial score (nSPS) is 12.9.